The van der Waals surface area contributed by atoms with Gasteiger partial charge in [0, 0.05) is 24.1 Å². The summed E-state index contributed by atoms with van der Waals surface area (Å²) >= 11 is 1.44. The highest BCUT2D eigenvalue weighted by molar-refractivity contribution is 7.17. The first kappa shape index (κ1) is 21.9. The van der Waals surface area contributed by atoms with Crippen LogP contribution in [0.5, 0.6) is 0 Å². The van der Waals surface area contributed by atoms with Crippen molar-refractivity contribution in [1.82, 2.24) is 5.32 Å². The van der Waals surface area contributed by atoms with Gasteiger partial charge in [-0.1, -0.05) is 6.07 Å². The van der Waals surface area contributed by atoms with Crippen LogP contribution in [0.15, 0.2) is 33.5 Å². The minimum atomic E-state index is -0.540. The molecule has 3 aromatic rings. The number of fused-ring (bicyclic) bond motifs is 2. The molecule has 2 N–H and O–H groups in total. The minimum absolute atomic E-state index is 0.0387. The van der Waals surface area contributed by atoms with Crippen molar-refractivity contribution in [3.8, 4) is 0 Å². The van der Waals surface area contributed by atoms with E-state index in [0.717, 1.165) is 61.1 Å². The van der Waals surface area contributed by atoms with E-state index in [1.165, 1.54) is 17.4 Å². The van der Waals surface area contributed by atoms with Gasteiger partial charge in [-0.15, -0.1) is 11.3 Å². The predicted molar refractivity (Wildman–Crippen MR) is 127 cm³/mol. The van der Waals surface area contributed by atoms with E-state index in [9.17, 15) is 14.4 Å². The van der Waals surface area contributed by atoms with E-state index in [-0.39, 0.29) is 23.2 Å². The molecule has 1 saturated heterocycles. The molecule has 0 radical (unpaired) electrons. The molecule has 3 heterocycles. The average molecular weight is 467 g/mol. The Morgan fingerprint density at radius 3 is 2.79 bits per heavy atom. The number of carbonyl (C=O) groups is 2. The highest BCUT2D eigenvalue weighted by Gasteiger charge is 2.28. The molecule has 7 nitrogen and oxygen atoms in total. The lowest BCUT2D eigenvalue weighted by molar-refractivity contribution is 0.0858. The molecule has 0 bridgehead atoms. The number of hydrogen-bond donors (Lipinski definition) is 2. The number of amides is 2. The standard InChI is InChI=1S/C25H26N2O5S/c1-14-8-9-16-18(28)12-20(32-19(16)11-14)23(29)27-25-22(17-6-2-3-7-21(17)33-25)24(30)26-13-15-5-4-10-31-15/h8-9,11-12,15H,2-7,10,13H2,1H3,(H,26,30)(H,27,29)/t15-/m0/s1. The van der Waals surface area contributed by atoms with Gasteiger partial charge in [-0.2, -0.15) is 0 Å². The molecule has 0 saturated carbocycles. The van der Waals surface area contributed by atoms with Crippen LogP contribution in [-0.4, -0.2) is 31.1 Å². The van der Waals surface area contributed by atoms with Crippen molar-refractivity contribution in [3.05, 3.63) is 61.8 Å². The van der Waals surface area contributed by atoms with Gasteiger partial charge in [0.1, 0.15) is 10.6 Å². The third kappa shape index (κ3) is 4.45. The molecule has 1 fully saturated rings. The Bertz CT molecular complexity index is 1290. The summed E-state index contributed by atoms with van der Waals surface area (Å²) in [4.78, 5) is 39.8. The van der Waals surface area contributed by atoms with Crippen LogP contribution in [0.2, 0.25) is 0 Å². The van der Waals surface area contributed by atoms with E-state index < -0.39 is 5.91 Å². The number of carbonyl (C=O) groups excluding carboxylic acids is 2. The van der Waals surface area contributed by atoms with Gasteiger partial charge in [-0.05, 0) is 68.7 Å². The molecular weight excluding hydrogens is 440 g/mol. The molecular formula is C25H26N2O5S. The summed E-state index contributed by atoms with van der Waals surface area (Å²) in [6.45, 7) is 3.08. The normalized spacial score (nSPS) is 17.7. The van der Waals surface area contributed by atoms with Crippen molar-refractivity contribution in [2.24, 2.45) is 0 Å². The van der Waals surface area contributed by atoms with Crippen molar-refractivity contribution in [3.63, 3.8) is 0 Å². The first-order chi connectivity index (χ1) is 16.0. The maximum Gasteiger partial charge on any atom is 0.292 e. The van der Waals surface area contributed by atoms with Crippen LogP contribution in [-0.2, 0) is 17.6 Å². The maximum absolute atomic E-state index is 13.2. The molecule has 2 aromatic heterocycles. The van der Waals surface area contributed by atoms with E-state index in [0.29, 0.717) is 28.1 Å². The summed E-state index contributed by atoms with van der Waals surface area (Å²) in [5, 5.41) is 6.77. The third-order valence-electron chi connectivity index (χ3n) is 6.25. The summed E-state index contributed by atoms with van der Waals surface area (Å²) in [6.07, 6.45) is 5.77. The van der Waals surface area contributed by atoms with Gasteiger partial charge in [0.05, 0.1) is 17.1 Å². The van der Waals surface area contributed by atoms with Crippen molar-refractivity contribution in [2.75, 3.05) is 18.5 Å². The van der Waals surface area contributed by atoms with E-state index in [1.54, 1.807) is 12.1 Å². The molecule has 172 valence electrons. The highest BCUT2D eigenvalue weighted by atomic mass is 32.1. The van der Waals surface area contributed by atoms with Crippen LogP contribution in [0.25, 0.3) is 11.0 Å². The lowest BCUT2D eigenvalue weighted by atomic mass is 9.95. The van der Waals surface area contributed by atoms with Crippen LogP contribution in [0.3, 0.4) is 0 Å². The molecule has 8 heteroatoms. The fourth-order valence-corrected chi connectivity index (χ4v) is 5.82. The predicted octanol–water partition coefficient (Wildman–Crippen LogP) is 4.20. The topological polar surface area (TPSA) is 97.6 Å². The highest BCUT2D eigenvalue weighted by Crippen LogP contribution is 2.38. The van der Waals surface area contributed by atoms with E-state index >= 15 is 0 Å². The Kier molecular flexibility index (Phi) is 6.03. The SMILES string of the molecule is Cc1ccc2c(=O)cc(C(=O)Nc3sc4c(c3C(=O)NC[C@@H]3CCCO3)CCCC4)oc2c1. The molecule has 1 atom stereocenters. The summed E-state index contributed by atoms with van der Waals surface area (Å²) in [5.74, 6) is -0.812. The van der Waals surface area contributed by atoms with Crippen LogP contribution >= 0.6 is 11.3 Å². The fourth-order valence-electron chi connectivity index (χ4n) is 4.53. The molecule has 1 aliphatic carbocycles. The van der Waals surface area contributed by atoms with Gasteiger partial charge in [0.2, 0.25) is 0 Å². The lowest BCUT2D eigenvalue weighted by Gasteiger charge is -2.15. The van der Waals surface area contributed by atoms with Crippen molar-refractivity contribution in [1.29, 1.82) is 0 Å². The van der Waals surface area contributed by atoms with Crippen molar-refractivity contribution >= 4 is 39.1 Å². The summed E-state index contributed by atoms with van der Waals surface area (Å²) in [7, 11) is 0. The molecule has 0 spiro atoms. The Morgan fingerprint density at radius 1 is 1.12 bits per heavy atom. The summed E-state index contributed by atoms with van der Waals surface area (Å²) in [6, 6.07) is 6.47. The van der Waals surface area contributed by atoms with Gasteiger partial charge in [0.25, 0.3) is 11.8 Å². The Balaban J connectivity index is 1.43. The van der Waals surface area contributed by atoms with E-state index in [2.05, 4.69) is 10.6 Å². The molecule has 5 rings (SSSR count). The zero-order valence-electron chi connectivity index (χ0n) is 18.5. The van der Waals surface area contributed by atoms with Crippen molar-refractivity contribution in [2.45, 2.75) is 51.6 Å². The number of nitrogens with one attached hydrogen (secondary N) is 2. The first-order valence-corrected chi connectivity index (χ1v) is 12.2. The Hall–Kier alpha value is -2.97. The van der Waals surface area contributed by atoms with E-state index in [1.807, 2.05) is 13.0 Å². The smallest absolute Gasteiger partial charge is 0.292 e. The molecule has 2 aliphatic rings. The van der Waals surface area contributed by atoms with Crippen molar-refractivity contribution < 1.29 is 18.7 Å². The molecule has 0 unspecified atom stereocenters. The fraction of sp³-hybridized carbons (Fsp3) is 0.400. The van der Waals surface area contributed by atoms with Gasteiger partial charge >= 0.3 is 0 Å². The largest absolute Gasteiger partial charge is 0.451 e. The number of rotatable bonds is 5. The third-order valence-corrected chi connectivity index (χ3v) is 7.46. The Labute approximate surface area is 195 Å². The van der Waals surface area contributed by atoms with Crippen LogP contribution in [0.4, 0.5) is 5.00 Å². The van der Waals surface area contributed by atoms with Gasteiger partial charge in [-0.3, -0.25) is 14.4 Å². The lowest BCUT2D eigenvalue weighted by Crippen LogP contribution is -2.32. The number of benzene rings is 1. The zero-order chi connectivity index (χ0) is 22.9. The number of aryl methyl sites for hydroxylation is 2. The number of thiophene rings is 1. The second-order valence-corrected chi connectivity index (χ2v) is 9.79. The van der Waals surface area contributed by atoms with Gasteiger partial charge in [-0.25, -0.2) is 0 Å². The summed E-state index contributed by atoms with van der Waals surface area (Å²) < 4.78 is 11.4. The van der Waals surface area contributed by atoms with Crippen LogP contribution in [0.1, 0.15) is 62.6 Å². The molecule has 2 amide bonds. The quantitative estimate of drug-likeness (QED) is 0.587. The van der Waals surface area contributed by atoms with Crippen LogP contribution < -0.4 is 16.1 Å². The molecule has 33 heavy (non-hydrogen) atoms. The first-order valence-electron chi connectivity index (χ1n) is 11.4. The number of ether oxygens (including phenoxy) is 1. The maximum atomic E-state index is 13.2. The monoisotopic (exact) mass is 466 g/mol. The van der Waals surface area contributed by atoms with Crippen LogP contribution in [0, 0.1) is 6.92 Å². The number of anilines is 1. The van der Waals surface area contributed by atoms with E-state index in [4.69, 9.17) is 9.15 Å². The second-order valence-electron chi connectivity index (χ2n) is 8.69. The molecule has 1 aromatic carbocycles. The number of hydrogen-bond acceptors (Lipinski definition) is 6. The second kappa shape index (κ2) is 9.11. The van der Waals surface area contributed by atoms with Gasteiger partial charge < -0.3 is 19.8 Å². The molecule has 1 aliphatic heterocycles. The minimum Gasteiger partial charge on any atom is -0.451 e. The summed E-state index contributed by atoms with van der Waals surface area (Å²) in [5.41, 5.74) is 2.57. The van der Waals surface area contributed by atoms with Gasteiger partial charge in [0.15, 0.2) is 11.2 Å². The zero-order valence-corrected chi connectivity index (χ0v) is 19.3. The Morgan fingerprint density at radius 2 is 1.97 bits per heavy atom. The average Bonchev–Trinajstić information content (AvgIpc) is 3.44.